The minimum absolute atomic E-state index is 0.00210. The van der Waals surface area contributed by atoms with Gasteiger partial charge in [-0.1, -0.05) is 4.49 Å². The molecule has 1 aromatic carbocycles. The van der Waals surface area contributed by atoms with Crippen LogP contribution in [0.15, 0.2) is 24.4 Å². The first kappa shape index (κ1) is 15.4. The van der Waals surface area contributed by atoms with Gasteiger partial charge in [-0.05, 0) is 42.2 Å². The van der Waals surface area contributed by atoms with E-state index in [1.165, 1.54) is 6.20 Å². The van der Waals surface area contributed by atoms with E-state index in [9.17, 15) is 9.59 Å². The van der Waals surface area contributed by atoms with Crippen molar-refractivity contribution in [3.05, 3.63) is 34.8 Å². The third-order valence-electron chi connectivity index (χ3n) is 3.69. The van der Waals surface area contributed by atoms with Crippen molar-refractivity contribution >= 4 is 29.0 Å². The van der Waals surface area contributed by atoms with Crippen molar-refractivity contribution in [1.82, 2.24) is 14.5 Å². The molecule has 2 amide bonds. The average molecular weight is 332 g/mol. The Bertz CT molecular complexity index is 732. The van der Waals surface area contributed by atoms with Crippen molar-refractivity contribution < 1.29 is 14.3 Å². The Morgan fingerprint density at radius 3 is 2.91 bits per heavy atom. The molecule has 1 aliphatic rings. The molecule has 1 atom stereocenters. The normalized spacial score (nSPS) is 17.4. The largest absolute Gasteiger partial charge is 0.481 e. The number of likely N-dealkylation sites (tertiary alicyclic amines) is 1. The Morgan fingerprint density at radius 1 is 1.48 bits per heavy atom. The third-order valence-corrected chi connectivity index (χ3v) is 4.35. The number of anilines is 1. The van der Waals surface area contributed by atoms with Gasteiger partial charge < -0.3 is 15.0 Å². The van der Waals surface area contributed by atoms with Gasteiger partial charge in [0.15, 0.2) is 6.10 Å². The molecule has 0 saturated carbocycles. The predicted molar refractivity (Wildman–Crippen MR) is 85.7 cm³/mol. The number of likely N-dealkylation sites (N-methyl/N-ethyl adjacent to an activating group) is 1. The van der Waals surface area contributed by atoms with E-state index in [1.807, 2.05) is 13.0 Å². The van der Waals surface area contributed by atoms with E-state index in [0.29, 0.717) is 29.3 Å². The zero-order valence-corrected chi connectivity index (χ0v) is 13.6. The lowest BCUT2D eigenvalue weighted by molar-refractivity contribution is -0.132. The molecular formula is C15H16N4O3S. The Morgan fingerprint density at radius 2 is 2.30 bits per heavy atom. The highest BCUT2D eigenvalue weighted by Gasteiger charge is 2.30. The van der Waals surface area contributed by atoms with Crippen molar-refractivity contribution in [3.8, 4) is 5.75 Å². The molecule has 1 fully saturated rings. The number of amides is 2. The Balaban J connectivity index is 1.68. The lowest BCUT2D eigenvalue weighted by Crippen LogP contribution is -2.29. The molecule has 2 heterocycles. The third kappa shape index (κ3) is 3.31. The number of nitrogens with one attached hydrogen (secondary N) is 1. The molecule has 2 aromatic rings. The van der Waals surface area contributed by atoms with Gasteiger partial charge in [-0.2, -0.15) is 0 Å². The van der Waals surface area contributed by atoms with E-state index in [2.05, 4.69) is 14.9 Å². The average Bonchev–Trinajstić information content (AvgIpc) is 3.16. The second kappa shape index (κ2) is 6.33. The van der Waals surface area contributed by atoms with Crippen molar-refractivity contribution in [2.45, 2.75) is 19.4 Å². The maximum Gasteiger partial charge on any atom is 0.269 e. The molecule has 1 aromatic heterocycles. The van der Waals surface area contributed by atoms with E-state index in [-0.39, 0.29) is 11.8 Å². The van der Waals surface area contributed by atoms with Crippen LogP contribution < -0.4 is 10.1 Å². The summed E-state index contributed by atoms with van der Waals surface area (Å²) in [6.45, 7) is 2.58. The maximum atomic E-state index is 12.0. The Labute approximate surface area is 137 Å². The van der Waals surface area contributed by atoms with Gasteiger partial charge in [0.25, 0.3) is 11.8 Å². The smallest absolute Gasteiger partial charge is 0.269 e. The van der Waals surface area contributed by atoms with E-state index in [0.717, 1.165) is 17.1 Å². The summed E-state index contributed by atoms with van der Waals surface area (Å²) >= 11 is 1.04. The first-order valence-electron chi connectivity index (χ1n) is 7.15. The molecule has 0 spiro atoms. The summed E-state index contributed by atoms with van der Waals surface area (Å²) in [5.41, 5.74) is 1.54. The summed E-state index contributed by atoms with van der Waals surface area (Å²) in [6, 6.07) is 5.32. The number of hydrogen-bond donors (Lipinski definition) is 1. The molecule has 0 aliphatic carbocycles. The number of rotatable bonds is 4. The van der Waals surface area contributed by atoms with E-state index in [1.54, 1.807) is 24.1 Å². The standard InChI is InChI=1S/C15H16N4O3S/c1-9-7-10(22-12-5-6-19(2)15(12)21)3-4-11(9)17-14(20)13-8-16-18-23-13/h3-4,7-8,12H,5-6H2,1-2H3,(H,17,20)/t12-/m1/s1. The van der Waals surface area contributed by atoms with Crippen molar-refractivity contribution in [3.63, 3.8) is 0 Å². The van der Waals surface area contributed by atoms with Crippen LogP contribution in [0.1, 0.15) is 21.7 Å². The highest BCUT2D eigenvalue weighted by molar-refractivity contribution is 7.07. The number of hydrogen-bond acceptors (Lipinski definition) is 6. The zero-order valence-electron chi connectivity index (χ0n) is 12.8. The molecular weight excluding hydrogens is 316 g/mol. The summed E-state index contributed by atoms with van der Waals surface area (Å²) in [5.74, 6) is 0.371. The predicted octanol–water partition coefficient (Wildman–Crippen LogP) is 1.71. The molecule has 0 radical (unpaired) electrons. The van der Waals surface area contributed by atoms with Gasteiger partial charge in [-0.15, -0.1) is 5.10 Å². The van der Waals surface area contributed by atoms with Crippen LogP contribution >= 0.6 is 11.5 Å². The van der Waals surface area contributed by atoms with E-state index < -0.39 is 6.10 Å². The van der Waals surface area contributed by atoms with Crippen LogP contribution in [0.4, 0.5) is 5.69 Å². The van der Waals surface area contributed by atoms with Crippen LogP contribution in [-0.4, -0.2) is 46.0 Å². The maximum absolute atomic E-state index is 12.0. The minimum atomic E-state index is -0.428. The summed E-state index contributed by atoms with van der Waals surface area (Å²) in [6.07, 6.45) is 1.68. The molecule has 0 unspecified atom stereocenters. The van der Waals surface area contributed by atoms with Gasteiger partial charge in [0.2, 0.25) is 0 Å². The van der Waals surface area contributed by atoms with Gasteiger partial charge in [-0.25, -0.2) is 0 Å². The van der Waals surface area contributed by atoms with E-state index >= 15 is 0 Å². The summed E-state index contributed by atoms with van der Waals surface area (Å²) in [7, 11) is 1.77. The number of carbonyl (C=O) groups is 2. The topological polar surface area (TPSA) is 84.4 Å². The molecule has 7 nitrogen and oxygen atoms in total. The monoisotopic (exact) mass is 332 g/mol. The number of nitrogens with zero attached hydrogens (tertiary/aromatic N) is 3. The van der Waals surface area contributed by atoms with Gasteiger partial charge in [0, 0.05) is 25.7 Å². The number of carbonyl (C=O) groups excluding carboxylic acids is 2. The van der Waals surface area contributed by atoms with Crippen molar-refractivity contribution in [1.29, 1.82) is 0 Å². The molecule has 1 aliphatic heterocycles. The van der Waals surface area contributed by atoms with Gasteiger partial charge in [-0.3, -0.25) is 9.59 Å². The molecule has 1 saturated heterocycles. The van der Waals surface area contributed by atoms with Crippen LogP contribution in [-0.2, 0) is 4.79 Å². The second-order valence-electron chi connectivity index (χ2n) is 5.37. The highest BCUT2D eigenvalue weighted by Crippen LogP contribution is 2.25. The summed E-state index contributed by atoms with van der Waals surface area (Å²) in [4.78, 5) is 26.0. The number of ether oxygens (including phenoxy) is 1. The number of aryl methyl sites for hydroxylation is 1. The van der Waals surface area contributed by atoms with Crippen LogP contribution in [0.25, 0.3) is 0 Å². The van der Waals surface area contributed by atoms with E-state index in [4.69, 9.17) is 4.74 Å². The summed E-state index contributed by atoms with van der Waals surface area (Å²) in [5, 5.41) is 6.45. The fourth-order valence-electron chi connectivity index (χ4n) is 2.36. The molecule has 1 N–H and O–H groups in total. The molecule has 3 rings (SSSR count). The fraction of sp³-hybridized carbons (Fsp3) is 0.333. The van der Waals surface area contributed by atoms with Gasteiger partial charge in [0.05, 0.1) is 6.20 Å². The molecule has 23 heavy (non-hydrogen) atoms. The Kier molecular flexibility index (Phi) is 4.24. The van der Waals surface area contributed by atoms with Crippen LogP contribution in [0, 0.1) is 6.92 Å². The zero-order chi connectivity index (χ0) is 16.4. The lowest BCUT2D eigenvalue weighted by Gasteiger charge is -2.14. The summed E-state index contributed by atoms with van der Waals surface area (Å²) < 4.78 is 9.42. The minimum Gasteiger partial charge on any atom is -0.481 e. The first-order chi connectivity index (χ1) is 11.0. The fourth-order valence-corrected chi connectivity index (χ4v) is 2.78. The van der Waals surface area contributed by atoms with Crippen LogP contribution in [0.3, 0.4) is 0 Å². The molecule has 8 heteroatoms. The second-order valence-corrected chi connectivity index (χ2v) is 6.15. The van der Waals surface area contributed by atoms with Crippen molar-refractivity contribution in [2.24, 2.45) is 0 Å². The SMILES string of the molecule is Cc1cc(O[C@@H]2CCN(C)C2=O)ccc1NC(=O)c1cnns1. The highest BCUT2D eigenvalue weighted by atomic mass is 32.1. The lowest BCUT2D eigenvalue weighted by atomic mass is 10.2. The number of aromatic nitrogens is 2. The van der Waals surface area contributed by atoms with Crippen molar-refractivity contribution in [2.75, 3.05) is 18.9 Å². The molecule has 120 valence electrons. The number of benzene rings is 1. The first-order valence-corrected chi connectivity index (χ1v) is 7.93. The van der Waals surface area contributed by atoms with Gasteiger partial charge in [0.1, 0.15) is 10.6 Å². The Hall–Kier alpha value is -2.48. The van der Waals surface area contributed by atoms with Crippen LogP contribution in [0.2, 0.25) is 0 Å². The van der Waals surface area contributed by atoms with Gasteiger partial charge >= 0.3 is 0 Å². The molecule has 0 bridgehead atoms. The quantitative estimate of drug-likeness (QED) is 0.921. The van der Waals surface area contributed by atoms with Crippen LogP contribution in [0.5, 0.6) is 5.75 Å².